The number of carbonyl (C=O) groups excluding carboxylic acids is 2. The molecule has 0 bridgehead atoms. The van der Waals surface area contributed by atoms with Crippen LogP contribution in [-0.4, -0.2) is 54.3 Å². The lowest BCUT2D eigenvalue weighted by molar-refractivity contribution is -0.121. The van der Waals surface area contributed by atoms with Crippen molar-refractivity contribution in [2.45, 2.75) is 39.7 Å². The molecule has 0 saturated carbocycles. The Kier molecular flexibility index (Phi) is 6.92. The standard InChI is InChI=1S/C21H29N3O4/c1-16-14-19(17(2)28-16)21(26)24(15-18-6-5-13-27-18)11-7-20(25)22-8-12-23-9-3-4-10-23/h5-6,13-14H,3-4,7-12,15H2,1-2H3,(H,22,25). The summed E-state index contributed by atoms with van der Waals surface area (Å²) in [7, 11) is 0. The van der Waals surface area contributed by atoms with Crippen LogP contribution in [0.1, 0.15) is 46.9 Å². The van der Waals surface area contributed by atoms with Gasteiger partial charge in [-0.25, -0.2) is 0 Å². The molecule has 3 heterocycles. The Morgan fingerprint density at radius 1 is 1.25 bits per heavy atom. The summed E-state index contributed by atoms with van der Waals surface area (Å²) >= 11 is 0. The van der Waals surface area contributed by atoms with Gasteiger partial charge in [-0.3, -0.25) is 9.59 Å². The van der Waals surface area contributed by atoms with E-state index in [2.05, 4.69) is 10.2 Å². The molecule has 3 rings (SSSR count). The van der Waals surface area contributed by atoms with Crippen LogP contribution in [0.2, 0.25) is 0 Å². The van der Waals surface area contributed by atoms with Gasteiger partial charge in [0.05, 0.1) is 18.4 Å². The fourth-order valence-corrected chi connectivity index (χ4v) is 3.54. The number of nitrogens with zero attached hydrogens (tertiary/aromatic N) is 2. The van der Waals surface area contributed by atoms with Gasteiger partial charge in [0, 0.05) is 26.1 Å². The number of hydrogen-bond donors (Lipinski definition) is 1. The molecular weight excluding hydrogens is 358 g/mol. The third-order valence-electron chi connectivity index (χ3n) is 5.04. The topological polar surface area (TPSA) is 78.9 Å². The molecule has 0 aromatic carbocycles. The highest BCUT2D eigenvalue weighted by Gasteiger charge is 2.22. The maximum atomic E-state index is 13.0. The molecule has 0 spiro atoms. The SMILES string of the molecule is Cc1cc(C(=O)N(CCC(=O)NCCN2CCCC2)Cc2ccco2)c(C)o1. The summed E-state index contributed by atoms with van der Waals surface area (Å²) in [4.78, 5) is 29.2. The zero-order chi connectivity index (χ0) is 19.9. The second kappa shape index (κ2) is 9.59. The fraction of sp³-hybridized carbons (Fsp3) is 0.524. The third kappa shape index (κ3) is 5.48. The summed E-state index contributed by atoms with van der Waals surface area (Å²) in [5, 5.41) is 2.96. The van der Waals surface area contributed by atoms with E-state index in [9.17, 15) is 9.59 Å². The zero-order valence-electron chi connectivity index (χ0n) is 16.7. The lowest BCUT2D eigenvalue weighted by Gasteiger charge is -2.21. The number of aryl methyl sites for hydroxylation is 2. The normalized spacial score (nSPS) is 14.4. The van der Waals surface area contributed by atoms with Crippen LogP contribution in [0, 0.1) is 13.8 Å². The van der Waals surface area contributed by atoms with Crippen LogP contribution in [0.4, 0.5) is 0 Å². The first kappa shape index (κ1) is 20.2. The summed E-state index contributed by atoms with van der Waals surface area (Å²) < 4.78 is 10.9. The maximum absolute atomic E-state index is 13.0. The molecule has 1 aliphatic rings. The number of carbonyl (C=O) groups is 2. The molecule has 2 amide bonds. The molecule has 1 fully saturated rings. The second-order valence-corrected chi connectivity index (χ2v) is 7.28. The van der Waals surface area contributed by atoms with E-state index in [4.69, 9.17) is 8.83 Å². The Labute approximate surface area is 165 Å². The molecule has 1 N–H and O–H groups in total. The molecule has 0 radical (unpaired) electrons. The van der Waals surface area contributed by atoms with Crippen molar-refractivity contribution in [1.82, 2.24) is 15.1 Å². The lowest BCUT2D eigenvalue weighted by Crippen LogP contribution is -2.37. The number of rotatable bonds is 9. The van der Waals surface area contributed by atoms with Gasteiger partial charge in [-0.05, 0) is 58.0 Å². The van der Waals surface area contributed by atoms with Gasteiger partial charge in [-0.15, -0.1) is 0 Å². The van der Waals surface area contributed by atoms with Gasteiger partial charge in [0.25, 0.3) is 5.91 Å². The van der Waals surface area contributed by atoms with E-state index < -0.39 is 0 Å². The zero-order valence-corrected chi connectivity index (χ0v) is 16.7. The van der Waals surface area contributed by atoms with Crippen molar-refractivity contribution in [3.63, 3.8) is 0 Å². The number of hydrogen-bond acceptors (Lipinski definition) is 5. The van der Waals surface area contributed by atoms with Crippen LogP contribution >= 0.6 is 0 Å². The summed E-state index contributed by atoms with van der Waals surface area (Å²) in [6.45, 7) is 7.98. The monoisotopic (exact) mass is 387 g/mol. The van der Waals surface area contributed by atoms with Gasteiger partial charge in [0.2, 0.25) is 5.91 Å². The number of nitrogens with one attached hydrogen (secondary N) is 1. The molecule has 7 heteroatoms. The first-order chi connectivity index (χ1) is 13.5. The van der Waals surface area contributed by atoms with E-state index in [0.29, 0.717) is 42.5 Å². The molecule has 2 aromatic rings. The molecule has 1 saturated heterocycles. The van der Waals surface area contributed by atoms with Crippen molar-refractivity contribution in [2.24, 2.45) is 0 Å². The molecule has 7 nitrogen and oxygen atoms in total. The van der Waals surface area contributed by atoms with Crippen molar-refractivity contribution >= 4 is 11.8 Å². The summed E-state index contributed by atoms with van der Waals surface area (Å²) in [6.07, 6.45) is 4.31. The largest absolute Gasteiger partial charge is 0.467 e. The average Bonchev–Trinajstić information content (AvgIpc) is 3.41. The maximum Gasteiger partial charge on any atom is 0.257 e. The van der Waals surface area contributed by atoms with Gasteiger partial charge in [0.15, 0.2) is 0 Å². The van der Waals surface area contributed by atoms with E-state index >= 15 is 0 Å². The molecular formula is C21H29N3O4. The molecule has 0 unspecified atom stereocenters. The average molecular weight is 387 g/mol. The van der Waals surface area contributed by atoms with Crippen LogP contribution in [0.5, 0.6) is 0 Å². The third-order valence-corrected chi connectivity index (χ3v) is 5.04. The number of likely N-dealkylation sites (tertiary alicyclic amines) is 1. The number of furan rings is 2. The lowest BCUT2D eigenvalue weighted by atomic mass is 10.2. The van der Waals surface area contributed by atoms with Crippen molar-refractivity contribution in [1.29, 1.82) is 0 Å². The van der Waals surface area contributed by atoms with E-state index in [0.717, 1.165) is 19.6 Å². The van der Waals surface area contributed by atoms with Crippen molar-refractivity contribution in [3.8, 4) is 0 Å². The Hall–Kier alpha value is -2.54. The van der Waals surface area contributed by atoms with Gasteiger partial charge in [0.1, 0.15) is 17.3 Å². The highest BCUT2D eigenvalue weighted by Crippen LogP contribution is 2.18. The Morgan fingerprint density at radius 3 is 2.68 bits per heavy atom. The molecule has 152 valence electrons. The second-order valence-electron chi connectivity index (χ2n) is 7.28. The van der Waals surface area contributed by atoms with Crippen LogP contribution in [-0.2, 0) is 11.3 Å². The van der Waals surface area contributed by atoms with Crippen LogP contribution in [0.3, 0.4) is 0 Å². The smallest absolute Gasteiger partial charge is 0.257 e. The first-order valence-electron chi connectivity index (χ1n) is 9.90. The summed E-state index contributed by atoms with van der Waals surface area (Å²) in [5.74, 6) is 1.76. The summed E-state index contributed by atoms with van der Waals surface area (Å²) in [6, 6.07) is 5.35. The van der Waals surface area contributed by atoms with Crippen molar-refractivity contribution in [2.75, 3.05) is 32.7 Å². The van der Waals surface area contributed by atoms with Gasteiger partial charge < -0.3 is 24.0 Å². The molecule has 1 aliphatic heterocycles. The molecule has 2 aromatic heterocycles. The summed E-state index contributed by atoms with van der Waals surface area (Å²) in [5.41, 5.74) is 0.526. The predicted octanol–water partition coefficient (Wildman–Crippen LogP) is 2.73. The Bertz CT molecular complexity index is 776. The highest BCUT2D eigenvalue weighted by atomic mass is 16.3. The van der Waals surface area contributed by atoms with Crippen LogP contribution in [0.15, 0.2) is 33.3 Å². The van der Waals surface area contributed by atoms with Crippen molar-refractivity contribution in [3.05, 3.63) is 47.3 Å². The molecule has 0 aliphatic carbocycles. The minimum Gasteiger partial charge on any atom is -0.467 e. The molecule has 0 atom stereocenters. The van der Waals surface area contributed by atoms with E-state index in [-0.39, 0.29) is 18.2 Å². The Morgan fingerprint density at radius 2 is 2.04 bits per heavy atom. The predicted molar refractivity (Wildman–Crippen MR) is 105 cm³/mol. The highest BCUT2D eigenvalue weighted by molar-refractivity contribution is 5.95. The quantitative estimate of drug-likeness (QED) is 0.716. The Balaban J connectivity index is 1.55. The van der Waals surface area contributed by atoms with E-state index in [1.165, 1.54) is 12.8 Å². The van der Waals surface area contributed by atoms with Crippen LogP contribution in [0.25, 0.3) is 0 Å². The molecule has 28 heavy (non-hydrogen) atoms. The van der Waals surface area contributed by atoms with Gasteiger partial charge in [-0.1, -0.05) is 0 Å². The van der Waals surface area contributed by atoms with Crippen molar-refractivity contribution < 1.29 is 18.4 Å². The van der Waals surface area contributed by atoms with E-state index in [1.807, 2.05) is 13.0 Å². The fourth-order valence-electron chi connectivity index (χ4n) is 3.54. The van der Waals surface area contributed by atoms with Gasteiger partial charge in [-0.2, -0.15) is 0 Å². The van der Waals surface area contributed by atoms with Gasteiger partial charge >= 0.3 is 0 Å². The van der Waals surface area contributed by atoms with Crippen LogP contribution < -0.4 is 5.32 Å². The minimum absolute atomic E-state index is 0.0449. The van der Waals surface area contributed by atoms with E-state index in [1.54, 1.807) is 30.2 Å². The first-order valence-corrected chi connectivity index (χ1v) is 9.90. The minimum atomic E-state index is -0.157. The number of amides is 2.